The number of carbonyl (C=O) groups excluding carboxylic acids is 3. The Labute approximate surface area is 426 Å². The van der Waals surface area contributed by atoms with E-state index < -0.39 is 6.09 Å². The van der Waals surface area contributed by atoms with Crippen molar-refractivity contribution in [2.75, 3.05) is 90.5 Å². The molecule has 3 unspecified atom stereocenters. The summed E-state index contributed by atoms with van der Waals surface area (Å²) in [7, 11) is 3.46. The van der Waals surface area contributed by atoms with E-state index in [1.54, 1.807) is 21.6 Å². The summed E-state index contributed by atoms with van der Waals surface area (Å²) in [5, 5.41) is 2.89. The summed E-state index contributed by atoms with van der Waals surface area (Å²) in [6.07, 6.45) is 30.0. The third kappa shape index (κ3) is 45.4. The Morgan fingerprint density at radius 2 is 1.06 bits per heavy atom. The normalized spacial score (nSPS) is 14.4. The van der Waals surface area contributed by atoms with E-state index >= 15 is 0 Å². The van der Waals surface area contributed by atoms with Gasteiger partial charge in [-0.1, -0.05) is 129 Å². The number of likely N-dealkylation sites (tertiary alicyclic amines) is 1. The van der Waals surface area contributed by atoms with Crippen LogP contribution in [0.1, 0.15) is 203 Å². The maximum atomic E-state index is 12.5. The lowest BCUT2D eigenvalue weighted by molar-refractivity contribution is -0.145. The van der Waals surface area contributed by atoms with Gasteiger partial charge in [-0.25, -0.2) is 4.79 Å². The number of alkyl carbamates (subject to hydrolysis) is 1. The van der Waals surface area contributed by atoms with Crippen LogP contribution in [0.3, 0.4) is 0 Å². The molecule has 1 heterocycles. The number of amides is 1. The SMILES string of the molecule is CC(C)=CCCC(C)CCOC(=O)CCCCCCCCCOCC(CNC(=O)OCCSSCCOCCN1CCCCCC1)OCCCCCCCCC(=O)OCCC(C)CCC=C(C)C.[HH]. The van der Waals surface area contributed by atoms with Crippen LogP contribution < -0.4 is 5.32 Å². The summed E-state index contributed by atoms with van der Waals surface area (Å²) in [4.78, 5) is 39.4. The van der Waals surface area contributed by atoms with E-state index in [0.29, 0.717) is 70.9 Å². The van der Waals surface area contributed by atoms with Crippen molar-refractivity contribution in [3.05, 3.63) is 23.3 Å². The largest absolute Gasteiger partial charge is 0.466 e. The molecule has 1 fully saturated rings. The molecule has 1 aliphatic rings. The molecule has 1 N–H and O–H groups in total. The maximum absolute atomic E-state index is 12.5. The summed E-state index contributed by atoms with van der Waals surface area (Å²) >= 11 is 0. The lowest BCUT2D eigenvalue weighted by atomic mass is 10.0. The lowest BCUT2D eigenvalue weighted by Gasteiger charge is -2.19. The van der Waals surface area contributed by atoms with Crippen molar-refractivity contribution in [1.29, 1.82) is 0 Å². The first-order valence-corrected chi connectivity index (χ1v) is 29.8. The minimum Gasteiger partial charge on any atom is -0.466 e. The molecule has 0 spiro atoms. The molecule has 11 nitrogen and oxygen atoms in total. The van der Waals surface area contributed by atoms with Crippen LogP contribution in [-0.4, -0.2) is 120 Å². The van der Waals surface area contributed by atoms with Gasteiger partial charge < -0.3 is 38.6 Å². The topological polar surface area (TPSA) is 122 Å². The van der Waals surface area contributed by atoms with Crippen LogP contribution in [0, 0.1) is 11.8 Å². The zero-order valence-electron chi connectivity index (χ0n) is 44.4. The summed E-state index contributed by atoms with van der Waals surface area (Å²) in [5.41, 5.74) is 2.71. The predicted molar refractivity (Wildman–Crippen MR) is 289 cm³/mol. The summed E-state index contributed by atoms with van der Waals surface area (Å²) < 4.78 is 34.5. The molecule has 1 rings (SSSR count). The highest BCUT2D eigenvalue weighted by Crippen LogP contribution is 2.20. The van der Waals surface area contributed by atoms with Gasteiger partial charge in [0.15, 0.2) is 0 Å². The van der Waals surface area contributed by atoms with Gasteiger partial charge >= 0.3 is 18.0 Å². The molecule has 68 heavy (non-hydrogen) atoms. The molecular weight excluding hydrogens is 897 g/mol. The predicted octanol–water partition coefficient (Wildman–Crippen LogP) is 14.1. The summed E-state index contributed by atoms with van der Waals surface area (Å²) in [6, 6.07) is 0. The average molecular weight is 1000 g/mol. The van der Waals surface area contributed by atoms with E-state index in [9.17, 15) is 14.4 Å². The average Bonchev–Trinajstić information content (AvgIpc) is 3.58. The van der Waals surface area contributed by atoms with Gasteiger partial charge in [0, 0.05) is 52.1 Å². The third-order valence-corrected chi connectivity index (χ3v) is 14.6. The van der Waals surface area contributed by atoms with Crippen molar-refractivity contribution in [3.8, 4) is 0 Å². The van der Waals surface area contributed by atoms with Crippen molar-refractivity contribution in [3.63, 3.8) is 0 Å². The van der Waals surface area contributed by atoms with Gasteiger partial charge in [-0.2, -0.15) is 0 Å². The summed E-state index contributed by atoms with van der Waals surface area (Å²) in [5.74, 6) is 2.63. The third-order valence-electron chi connectivity index (χ3n) is 12.3. The number of rotatable bonds is 46. The highest BCUT2D eigenvalue weighted by Gasteiger charge is 2.14. The molecule has 3 atom stereocenters. The molecule has 13 heteroatoms. The Balaban J connectivity index is 0.0000462. The Hall–Kier alpha value is -1.77. The number of hydrogen-bond acceptors (Lipinski definition) is 12. The van der Waals surface area contributed by atoms with Crippen molar-refractivity contribution in [2.45, 2.75) is 208 Å². The molecule has 400 valence electrons. The lowest BCUT2D eigenvalue weighted by Crippen LogP contribution is -2.37. The smallest absolute Gasteiger partial charge is 0.407 e. The summed E-state index contributed by atoms with van der Waals surface area (Å²) in [6.45, 7) is 21.4. The number of unbranched alkanes of at least 4 members (excludes halogenated alkanes) is 11. The molecule has 0 aliphatic carbocycles. The molecule has 0 aromatic carbocycles. The molecule has 0 radical (unpaired) electrons. The fourth-order valence-corrected chi connectivity index (χ4v) is 9.53. The van der Waals surface area contributed by atoms with Crippen LogP contribution in [0.4, 0.5) is 4.79 Å². The van der Waals surface area contributed by atoms with Crippen LogP contribution in [0.25, 0.3) is 0 Å². The second-order valence-corrected chi connectivity index (χ2v) is 22.3. The molecule has 1 amide bonds. The zero-order valence-corrected chi connectivity index (χ0v) is 46.0. The highest BCUT2D eigenvalue weighted by atomic mass is 33.1. The molecule has 1 saturated heterocycles. The van der Waals surface area contributed by atoms with E-state index in [-0.39, 0.29) is 19.5 Å². The van der Waals surface area contributed by atoms with Gasteiger partial charge in [-0.05, 0) is 130 Å². The molecule has 0 aromatic rings. The second-order valence-electron chi connectivity index (χ2n) is 19.6. The quantitative estimate of drug-likeness (QED) is 0.0205. The van der Waals surface area contributed by atoms with Crippen LogP contribution in [-0.2, 0) is 38.0 Å². The van der Waals surface area contributed by atoms with Crippen molar-refractivity contribution >= 4 is 39.6 Å². The van der Waals surface area contributed by atoms with Crippen LogP contribution >= 0.6 is 21.6 Å². The molecule has 1 aliphatic heterocycles. The second kappa shape index (κ2) is 47.5. The standard InChI is InChI=1S/C55H102N2O9S2.H2/c1-48(2)26-24-28-50(5)32-39-64-53(58)30-18-12-8-7-10-16-22-37-62-47-52(46-56-55(60)66-43-45-68-67-44-42-61-41-36-57-34-20-14-15-21-35-57)63-38-23-17-11-9-13-19-31-54(59)65-40-33-51(6)29-25-27-49(3)4;/h26-27,50-52H,7-25,28-47H2,1-6H3,(H,56,60);1H. The van der Waals surface area contributed by atoms with Crippen LogP contribution in [0.2, 0.25) is 0 Å². The number of esters is 2. The number of allylic oxidation sites excluding steroid dienone is 4. The number of nitrogens with one attached hydrogen (secondary N) is 1. The Morgan fingerprint density at radius 1 is 0.559 bits per heavy atom. The molecule has 0 bridgehead atoms. The number of hydrogen-bond donors (Lipinski definition) is 1. The molecular formula is C55H104N2O9S2. The van der Waals surface area contributed by atoms with E-state index in [4.69, 9.17) is 28.4 Å². The van der Waals surface area contributed by atoms with Gasteiger partial charge in [0.05, 0.1) is 39.1 Å². The fraction of sp³-hybridized carbons (Fsp3) is 0.873. The van der Waals surface area contributed by atoms with E-state index in [2.05, 4.69) is 63.9 Å². The Bertz CT molecular complexity index is 1260. The maximum Gasteiger partial charge on any atom is 0.407 e. The first-order chi connectivity index (χ1) is 33.0. The van der Waals surface area contributed by atoms with Crippen molar-refractivity contribution < 1.29 is 44.2 Å². The van der Waals surface area contributed by atoms with E-state index in [0.717, 1.165) is 153 Å². The Kier molecular flexibility index (Phi) is 44.9. The van der Waals surface area contributed by atoms with Crippen LogP contribution in [0.15, 0.2) is 23.3 Å². The minimum atomic E-state index is -0.428. The first kappa shape index (κ1) is 64.2. The fourth-order valence-electron chi connectivity index (χ4n) is 7.84. The molecule has 0 saturated carbocycles. The van der Waals surface area contributed by atoms with Crippen molar-refractivity contribution in [2.24, 2.45) is 11.8 Å². The van der Waals surface area contributed by atoms with Gasteiger partial charge in [0.1, 0.15) is 6.61 Å². The van der Waals surface area contributed by atoms with E-state index in [1.807, 2.05) is 0 Å². The van der Waals surface area contributed by atoms with Crippen LogP contribution in [0.5, 0.6) is 0 Å². The van der Waals surface area contributed by atoms with Gasteiger partial charge in [-0.3, -0.25) is 9.59 Å². The number of nitrogens with zero attached hydrogens (tertiary/aromatic N) is 1. The zero-order chi connectivity index (χ0) is 49.6. The molecule has 0 aromatic heterocycles. The van der Waals surface area contributed by atoms with Gasteiger partial charge in [-0.15, -0.1) is 0 Å². The Morgan fingerprint density at radius 3 is 1.60 bits per heavy atom. The monoisotopic (exact) mass is 1000 g/mol. The van der Waals surface area contributed by atoms with E-state index in [1.165, 1.54) is 49.9 Å². The number of carbonyl (C=O) groups is 3. The van der Waals surface area contributed by atoms with Gasteiger partial charge in [0.25, 0.3) is 0 Å². The van der Waals surface area contributed by atoms with Gasteiger partial charge in [0.2, 0.25) is 0 Å². The number of ether oxygens (including phenoxy) is 6. The highest BCUT2D eigenvalue weighted by molar-refractivity contribution is 8.76. The first-order valence-electron chi connectivity index (χ1n) is 27.3. The minimum absolute atomic E-state index is 0. The van der Waals surface area contributed by atoms with Crippen molar-refractivity contribution in [1.82, 2.24) is 10.2 Å².